The van der Waals surface area contributed by atoms with E-state index in [-0.39, 0.29) is 17.5 Å². The fourth-order valence-corrected chi connectivity index (χ4v) is 3.33. The zero-order valence-electron chi connectivity index (χ0n) is 15.1. The molecule has 1 saturated heterocycles. The van der Waals surface area contributed by atoms with Gasteiger partial charge in [0.15, 0.2) is 0 Å². The van der Waals surface area contributed by atoms with Crippen LogP contribution in [0.3, 0.4) is 0 Å². The molecule has 2 N–H and O–H groups in total. The Morgan fingerprint density at radius 1 is 1.23 bits per heavy atom. The van der Waals surface area contributed by atoms with Crippen molar-refractivity contribution in [1.82, 2.24) is 15.3 Å². The fraction of sp³-hybridized carbons (Fsp3) is 0.350. The second kappa shape index (κ2) is 6.37. The number of ether oxygens (including phenoxy) is 2. The lowest BCUT2D eigenvalue weighted by molar-refractivity contribution is -0.0246. The molecule has 0 saturated carbocycles. The topological polar surface area (TPSA) is 59.2 Å². The third-order valence-corrected chi connectivity index (χ3v) is 4.76. The van der Waals surface area contributed by atoms with E-state index in [4.69, 9.17) is 9.47 Å². The first-order valence-electron chi connectivity index (χ1n) is 8.65. The lowest BCUT2D eigenvalue weighted by Gasteiger charge is -2.35. The Morgan fingerprint density at radius 3 is 2.81 bits per heavy atom. The highest BCUT2D eigenvalue weighted by atomic mass is 19.1. The predicted molar refractivity (Wildman–Crippen MR) is 98.8 cm³/mol. The smallest absolute Gasteiger partial charge is 0.138 e. The molecule has 136 valence electrons. The molecule has 0 aliphatic carbocycles. The van der Waals surface area contributed by atoms with Crippen LogP contribution in [0.2, 0.25) is 0 Å². The average Bonchev–Trinajstić information content (AvgIpc) is 3.05. The molecule has 1 aliphatic heterocycles. The predicted octanol–water partition coefficient (Wildman–Crippen LogP) is 3.82. The summed E-state index contributed by atoms with van der Waals surface area (Å²) in [6.07, 6.45) is 1.64. The molecule has 5 nitrogen and oxygen atoms in total. The normalized spacial score (nSPS) is 19.6. The van der Waals surface area contributed by atoms with Gasteiger partial charge < -0.3 is 19.8 Å². The van der Waals surface area contributed by atoms with Gasteiger partial charge in [-0.25, -0.2) is 9.37 Å². The third kappa shape index (κ3) is 3.06. The number of hydrogen-bond donors (Lipinski definition) is 2. The molecule has 1 fully saturated rings. The van der Waals surface area contributed by atoms with E-state index < -0.39 is 0 Å². The van der Waals surface area contributed by atoms with E-state index in [9.17, 15) is 4.39 Å². The first-order valence-corrected chi connectivity index (χ1v) is 8.65. The molecular weight excluding hydrogens is 333 g/mol. The third-order valence-electron chi connectivity index (χ3n) is 4.76. The summed E-state index contributed by atoms with van der Waals surface area (Å²) in [6.45, 7) is 5.58. The maximum atomic E-state index is 13.8. The minimum atomic E-state index is -0.302. The quantitative estimate of drug-likeness (QED) is 0.750. The van der Waals surface area contributed by atoms with Crippen LogP contribution in [0.5, 0.6) is 5.75 Å². The summed E-state index contributed by atoms with van der Waals surface area (Å²) in [5.41, 5.74) is 3.25. The maximum Gasteiger partial charge on any atom is 0.138 e. The van der Waals surface area contributed by atoms with Crippen LogP contribution >= 0.6 is 0 Å². The van der Waals surface area contributed by atoms with E-state index in [1.807, 2.05) is 12.1 Å². The van der Waals surface area contributed by atoms with Gasteiger partial charge in [-0.2, -0.15) is 0 Å². The first-order chi connectivity index (χ1) is 12.5. The SMILES string of the molecule is COc1ccc(F)cc1-c1ccnc2[nH]c(C3CNC(C)(C)CO3)cc12. The van der Waals surface area contributed by atoms with Crippen molar-refractivity contribution < 1.29 is 13.9 Å². The van der Waals surface area contributed by atoms with Crippen molar-refractivity contribution in [3.05, 3.63) is 48.0 Å². The molecule has 0 radical (unpaired) electrons. The van der Waals surface area contributed by atoms with Crippen LogP contribution in [-0.4, -0.2) is 35.8 Å². The largest absolute Gasteiger partial charge is 0.496 e. The maximum absolute atomic E-state index is 13.8. The van der Waals surface area contributed by atoms with Gasteiger partial charge in [0, 0.05) is 34.9 Å². The number of halogens is 1. The lowest BCUT2D eigenvalue weighted by atomic mass is 10.0. The zero-order valence-corrected chi connectivity index (χ0v) is 15.1. The van der Waals surface area contributed by atoms with Gasteiger partial charge in [0.25, 0.3) is 0 Å². The molecular formula is C20H22FN3O2. The molecule has 1 aliphatic rings. The zero-order chi connectivity index (χ0) is 18.3. The van der Waals surface area contributed by atoms with E-state index in [0.29, 0.717) is 17.9 Å². The van der Waals surface area contributed by atoms with E-state index in [2.05, 4.69) is 29.1 Å². The summed E-state index contributed by atoms with van der Waals surface area (Å²) in [7, 11) is 1.58. The van der Waals surface area contributed by atoms with Crippen molar-refractivity contribution in [3.63, 3.8) is 0 Å². The van der Waals surface area contributed by atoms with Crippen molar-refractivity contribution in [1.29, 1.82) is 0 Å². The Balaban J connectivity index is 1.77. The van der Waals surface area contributed by atoms with Gasteiger partial charge in [-0.05, 0) is 49.7 Å². The molecule has 1 atom stereocenters. The van der Waals surface area contributed by atoms with Crippen LogP contribution in [-0.2, 0) is 4.74 Å². The highest BCUT2D eigenvalue weighted by molar-refractivity contribution is 5.95. The number of pyridine rings is 1. The van der Waals surface area contributed by atoms with Crippen molar-refractivity contribution >= 4 is 11.0 Å². The second-order valence-corrected chi connectivity index (χ2v) is 7.25. The molecule has 0 amide bonds. The van der Waals surface area contributed by atoms with Gasteiger partial charge >= 0.3 is 0 Å². The minimum Gasteiger partial charge on any atom is -0.496 e. The summed E-state index contributed by atoms with van der Waals surface area (Å²) in [5.74, 6) is 0.322. The van der Waals surface area contributed by atoms with Gasteiger partial charge in [-0.1, -0.05) is 0 Å². The Kier molecular flexibility index (Phi) is 4.17. The number of methoxy groups -OCH3 is 1. The monoisotopic (exact) mass is 355 g/mol. The molecule has 2 aromatic heterocycles. The van der Waals surface area contributed by atoms with Gasteiger partial charge in [-0.15, -0.1) is 0 Å². The number of hydrogen-bond acceptors (Lipinski definition) is 4. The van der Waals surface area contributed by atoms with Gasteiger partial charge in [0.05, 0.1) is 13.7 Å². The number of nitrogens with one attached hydrogen (secondary N) is 2. The number of rotatable bonds is 3. The molecule has 0 bridgehead atoms. The molecule has 1 unspecified atom stereocenters. The van der Waals surface area contributed by atoms with E-state index in [0.717, 1.165) is 28.8 Å². The molecule has 26 heavy (non-hydrogen) atoms. The van der Waals surface area contributed by atoms with Crippen molar-refractivity contribution in [2.45, 2.75) is 25.5 Å². The number of morpholine rings is 1. The van der Waals surface area contributed by atoms with Crippen LogP contribution in [0, 0.1) is 5.82 Å². The Labute approximate surface area is 151 Å². The summed E-state index contributed by atoms with van der Waals surface area (Å²) in [5, 5.41) is 4.40. The fourth-order valence-electron chi connectivity index (χ4n) is 3.33. The summed E-state index contributed by atoms with van der Waals surface area (Å²) in [6, 6.07) is 8.43. The van der Waals surface area contributed by atoms with E-state index in [1.54, 1.807) is 19.4 Å². The number of benzene rings is 1. The second-order valence-electron chi connectivity index (χ2n) is 7.25. The highest BCUT2D eigenvalue weighted by Crippen LogP contribution is 2.36. The molecule has 3 heterocycles. The van der Waals surface area contributed by atoms with Crippen LogP contribution < -0.4 is 10.1 Å². The number of aromatic amines is 1. The van der Waals surface area contributed by atoms with Gasteiger partial charge in [-0.3, -0.25) is 0 Å². The molecule has 3 aromatic rings. The Hall–Kier alpha value is -2.44. The number of H-pyrrole nitrogens is 1. The van der Waals surface area contributed by atoms with Gasteiger partial charge in [0.2, 0.25) is 0 Å². The summed E-state index contributed by atoms with van der Waals surface area (Å²) in [4.78, 5) is 7.77. The van der Waals surface area contributed by atoms with Crippen molar-refractivity contribution in [3.8, 4) is 16.9 Å². The van der Waals surface area contributed by atoms with E-state index in [1.165, 1.54) is 12.1 Å². The molecule has 1 aromatic carbocycles. The standard InChI is InChI=1S/C20H22FN3O2/c1-20(2)11-26-18(10-23-20)16-9-15-13(6-7-22-19(15)24-16)14-8-12(21)4-5-17(14)25-3/h4-9,18,23H,10-11H2,1-3H3,(H,22,24). The lowest BCUT2D eigenvalue weighted by Crippen LogP contribution is -2.50. The summed E-state index contributed by atoms with van der Waals surface area (Å²) >= 11 is 0. The first kappa shape index (κ1) is 17.0. The van der Waals surface area contributed by atoms with Gasteiger partial charge in [0.1, 0.15) is 23.3 Å². The number of fused-ring (bicyclic) bond motifs is 1. The number of aromatic nitrogens is 2. The van der Waals surface area contributed by atoms with Crippen LogP contribution in [0.1, 0.15) is 25.6 Å². The van der Waals surface area contributed by atoms with Crippen LogP contribution in [0.4, 0.5) is 4.39 Å². The molecule has 6 heteroatoms. The summed E-state index contributed by atoms with van der Waals surface area (Å²) < 4.78 is 25.3. The minimum absolute atomic E-state index is 0.0269. The van der Waals surface area contributed by atoms with Crippen molar-refractivity contribution in [2.75, 3.05) is 20.3 Å². The highest BCUT2D eigenvalue weighted by Gasteiger charge is 2.28. The Morgan fingerprint density at radius 2 is 2.08 bits per heavy atom. The van der Waals surface area contributed by atoms with Crippen LogP contribution in [0.25, 0.3) is 22.2 Å². The van der Waals surface area contributed by atoms with Crippen LogP contribution in [0.15, 0.2) is 36.5 Å². The molecule has 0 spiro atoms. The average molecular weight is 355 g/mol. The van der Waals surface area contributed by atoms with Crippen molar-refractivity contribution in [2.24, 2.45) is 0 Å². The molecule has 4 rings (SSSR count). The van der Waals surface area contributed by atoms with E-state index >= 15 is 0 Å². The Bertz CT molecular complexity index is 941. The number of nitrogens with zero attached hydrogens (tertiary/aromatic N) is 1.